The number of thiazole rings is 1. The lowest BCUT2D eigenvalue weighted by Gasteiger charge is -2.13. The van der Waals surface area contributed by atoms with Gasteiger partial charge >= 0.3 is 0 Å². The number of nitriles is 1. The summed E-state index contributed by atoms with van der Waals surface area (Å²) in [6.45, 7) is 0.0858. The maximum atomic E-state index is 12.9. The first kappa shape index (κ1) is 27.6. The molecule has 11 nitrogen and oxygen atoms in total. The summed E-state index contributed by atoms with van der Waals surface area (Å²) in [5, 5.41) is 24.0. The van der Waals surface area contributed by atoms with Gasteiger partial charge < -0.3 is 9.73 Å². The second-order valence-corrected chi connectivity index (χ2v) is 11.5. The number of hydrogen-bond acceptors (Lipinski definition) is 10. The van der Waals surface area contributed by atoms with Crippen LogP contribution in [0, 0.1) is 21.4 Å². The number of nitro benzene ring substituents is 1. The molecule has 1 aliphatic heterocycles. The third kappa shape index (κ3) is 5.40. The summed E-state index contributed by atoms with van der Waals surface area (Å²) in [5.74, 6) is -0.941. The minimum Gasteiger partial charge on any atom is -0.467 e. The van der Waals surface area contributed by atoms with Crippen molar-refractivity contribution >= 4 is 68.5 Å². The van der Waals surface area contributed by atoms with Crippen molar-refractivity contribution in [2.75, 3.05) is 4.90 Å². The van der Waals surface area contributed by atoms with Crippen LogP contribution in [-0.4, -0.2) is 27.6 Å². The number of carbonyl (C=O) groups excluding carboxylic acids is 3. The van der Waals surface area contributed by atoms with Gasteiger partial charge in [0.25, 0.3) is 23.4 Å². The van der Waals surface area contributed by atoms with E-state index in [4.69, 9.17) is 4.42 Å². The Hall–Kier alpha value is -5.58. The Morgan fingerprint density at radius 3 is 2.53 bits per heavy atom. The van der Waals surface area contributed by atoms with Crippen molar-refractivity contribution in [1.82, 2.24) is 10.3 Å². The Bertz CT molecular complexity index is 1990. The summed E-state index contributed by atoms with van der Waals surface area (Å²) >= 11 is 2.35. The third-order valence-electron chi connectivity index (χ3n) is 6.46. The van der Waals surface area contributed by atoms with Gasteiger partial charge in [-0.15, -0.1) is 11.3 Å². The molecule has 0 bridgehead atoms. The average molecular weight is 608 g/mol. The lowest BCUT2D eigenvalue weighted by molar-refractivity contribution is -0.387. The van der Waals surface area contributed by atoms with Gasteiger partial charge in [-0.05, 0) is 60.2 Å². The number of carbonyl (C=O) groups is 3. The molecule has 0 fully saturated rings. The highest BCUT2D eigenvalue weighted by Crippen LogP contribution is 2.40. The number of aromatic nitrogens is 1. The highest BCUT2D eigenvalue weighted by molar-refractivity contribution is 8.01. The van der Waals surface area contributed by atoms with Crippen LogP contribution < -0.4 is 10.2 Å². The van der Waals surface area contributed by atoms with Gasteiger partial charge in [-0.25, -0.2) is 9.88 Å². The first-order valence-electron chi connectivity index (χ1n) is 12.6. The Morgan fingerprint density at radius 1 is 1.09 bits per heavy atom. The van der Waals surface area contributed by atoms with Gasteiger partial charge in [0.05, 0.1) is 49.7 Å². The second-order valence-electron chi connectivity index (χ2n) is 9.14. The number of furan rings is 1. The fraction of sp³-hybridized carbons (Fsp3) is 0.0333. The summed E-state index contributed by atoms with van der Waals surface area (Å²) in [6, 6.07) is 21.2. The molecule has 5 aromatic rings. The molecular formula is C30H17N5O6S2. The van der Waals surface area contributed by atoms with Gasteiger partial charge in [0.1, 0.15) is 17.4 Å². The highest BCUT2D eigenvalue weighted by Gasteiger charge is 2.36. The molecule has 6 rings (SSSR count). The summed E-state index contributed by atoms with van der Waals surface area (Å²) in [4.78, 5) is 55.6. The SMILES string of the molecule is N#C/C(=C\c1ccc(Sc2nc3ccc(N4C(=O)c5ccccc5C4=O)cc3s2)c([N+](=O)[O-])c1)C(=O)NCc1ccco1. The molecule has 0 saturated carbocycles. The standard InChI is InChI=1S/C30H17N5O6S2/c31-15-18(27(36)32-16-20-4-3-11-41-20)12-17-7-10-25(24(13-17)35(39)40)42-30-33-23-9-8-19(14-26(23)43-30)34-28(37)21-5-1-2-6-22(21)29(34)38/h1-14H,16H2,(H,32,36)/b18-12+. The van der Waals surface area contributed by atoms with Crippen molar-refractivity contribution in [3.05, 3.63) is 117 Å². The van der Waals surface area contributed by atoms with Crippen LogP contribution in [0.1, 0.15) is 32.0 Å². The van der Waals surface area contributed by atoms with E-state index < -0.39 is 22.6 Å². The van der Waals surface area contributed by atoms with Crippen LogP contribution in [0.25, 0.3) is 16.3 Å². The Balaban J connectivity index is 1.23. The third-order valence-corrected chi connectivity index (χ3v) is 8.60. The van der Waals surface area contributed by atoms with Gasteiger partial charge in [-0.1, -0.05) is 30.0 Å². The first-order valence-corrected chi connectivity index (χ1v) is 14.2. The van der Waals surface area contributed by atoms with Gasteiger partial charge in [0.2, 0.25) is 0 Å². The molecule has 3 heterocycles. The molecule has 0 radical (unpaired) electrons. The normalized spacial score (nSPS) is 12.8. The summed E-state index contributed by atoms with van der Waals surface area (Å²) < 4.78 is 6.36. The molecule has 0 unspecified atom stereocenters. The smallest absolute Gasteiger partial charge is 0.283 e. The Morgan fingerprint density at radius 2 is 1.86 bits per heavy atom. The van der Waals surface area contributed by atoms with Crippen LogP contribution in [-0.2, 0) is 11.3 Å². The van der Waals surface area contributed by atoms with Crippen LogP contribution in [0.3, 0.4) is 0 Å². The van der Waals surface area contributed by atoms with Crippen LogP contribution in [0.5, 0.6) is 0 Å². The number of nitrogens with zero attached hydrogens (tertiary/aromatic N) is 4. The zero-order valence-electron chi connectivity index (χ0n) is 21.8. The number of anilines is 1. The molecule has 2 aromatic heterocycles. The maximum Gasteiger partial charge on any atom is 0.283 e. The monoisotopic (exact) mass is 607 g/mol. The van der Waals surface area contributed by atoms with Crippen LogP contribution >= 0.6 is 23.1 Å². The van der Waals surface area contributed by atoms with Crippen LogP contribution in [0.15, 0.2) is 98.3 Å². The van der Waals surface area contributed by atoms with E-state index in [9.17, 15) is 29.8 Å². The van der Waals surface area contributed by atoms with E-state index in [0.717, 1.165) is 16.7 Å². The molecule has 210 valence electrons. The molecule has 3 amide bonds. The van der Waals surface area contributed by atoms with E-state index in [1.54, 1.807) is 60.7 Å². The molecule has 13 heteroatoms. The van der Waals surface area contributed by atoms with E-state index in [-0.39, 0.29) is 17.8 Å². The van der Waals surface area contributed by atoms with Crippen molar-refractivity contribution in [2.45, 2.75) is 15.8 Å². The number of hydrogen-bond donors (Lipinski definition) is 1. The maximum absolute atomic E-state index is 12.9. The number of benzene rings is 3. The number of nitro groups is 1. The second kappa shape index (κ2) is 11.4. The quantitative estimate of drug-likeness (QED) is 0.0737. The van der Waals surface area contributed by atoms with E-state index >= 15 is 0 Å². The zero-order valence-corrected chi connectivity index (χ0v) is 23.5. The number of nitrogens with one attached hydrogen (secondary N) is 1. The lowest BCUT2D eigenvalue weighted by Crippen LogP contribution is -2.29. The van der Waals surface area contributed by atoms with E-state index in [2.05, 4.69) is 10.3 Å². The molecular weight excluding hydrogens is 590 g/mol. The summed E-state index contributed by atoms with van der Waals surface area (Å²) in [5.41, 5.74) is 1.55. The average Bonchev–Trinajstić information content (AvgIpc) is 3.73. The first-order chi connectivity index (χ1) is 20.8. The largest absolute Gasteiger partial charge is 0.467 e. The van der Waals surface area contributed by atoms with Crippen molar-refractivity contribution in [3.8, 4) is 6.07 Å². The van der Waals surface area contributed by atoms with Crippen LogP contribution in [0.4, 0.5) is 11.4 Å². The van der Waals surface area contributed by atoms with Gasteiger partial charge in [0.15, 0.2) is 4.34 Å². The Kier molecular flexibility index (Phi) is 7.29. The molecule has 3 aromatic carbocycles. The van der Waals surface area contributed by atoms with Crippen molar-refractivity contribution in [2.24, 2.45) is 0 Å². The predicted molar refractivity (Wildman–Crippen MR) is 159 cm³/mol. The highest BCUT2D eigenvalue weighted by atomic mass is 32.2. The number of imide groups is 1. The van der Waals surface area contributed by atoms with E-state index in [1.165, 1.54) is 35.8 Å². The van der Waals surface area contributed by atoms with E-state index in [0.29, 0.717) is 47.6 Å². The summed E-state index contributed by atoms with van der Waals surface area (Å²) in [6.07, 6.45) is 2.74. The topological polar surface area (TPSA) is 159 Å². The van der Waals surface area contributed by atoms with Gasteiger partial charge in [-0.3, -0.25) is 24.5 Å². The minimum atomic E-state index is -0.643. The van der Waals surface area contributed by atoms with Crippen molar-refractivity contribution in [1.29, 1.82) is 5.26 Å². The summed E-state index contributed by atoms with van der Waals surface area (Å²) in [7, 11) is 0. The van der Waals surface area contributed by atoms with Gasteiger partial charge in [0, 0.05) is 6.07 Å². The molecule has 43 heavy (non-hydrogen) atoms. The lowest BCUT2D eigenvalue weighted by atomic mass is 10.1. The van der Waals surface area contributed by atoms with Gasteiger partial charge in [-0.2, -0.15) is 5.26 Å². The van der Waals surface area contributed by atoms with Crippen molar-refractivity contribution < 1.29 is 23.7 Å². The number of rotatable bonds is 8. The molecule has 1 aliphatic rings. The number of amides is 3. The Labute approximate surface area is 251 Å². The number of fused-ring (bicyclic) bond motifs is 2. The van der Waals surface area contributed by atoms with E-state index in [1.807, 2.05) is 6.07 Å². The fourth-order valence-electron chi connectivity index (χ4n) is 4.44. The van der Waals surface area contributed by atoms with Crippen LogP contribution in [0.2, 0.25) is 0 Å². The predicted octanol–water partition coefficient (Wildman–Crippen LogP) is 5.97. The zero-order chi connectivity index (χ0) is 30.1. The molecule has 0 spiro atoms. The minimum absolute atomic E-state index is 0.0858. The molecule has 0 atom stereocenters. The molecule has 0 aliphatic carbocycles. The fourth-order valence-corrected chi connectivity index (χ4v) is 6.58. The molecule has 0 saturated heterocycles. The van der Waals surface area contributed by atoms with Crippen molar-refractivity contribution in [3.63, 3.8) is 0 Å². The molecule has 1 N–H and O–H groups in total.